The minimum absolute atomic E-state index is 0.0347. The number of imidazole rings is 1. The summed E-state index contributed by atoms with van der Waals surface area (Å²) in [6.07, 6.45) is 0.606. The van der Waals surface area contributed by atoms with E-state index in [1.807, 2.05) is 27.2 Å². The molecule has 0 aliphatic carbocycles. The number of aryl methyl sites for hydroxylation is 1. The lowest BCUT2D eigenvalue weighted by atomic mass is 10.3. The molecule has 1 aromatic heterocycles. The Kier molecular flexibility index (Phi) is 4.98. The maximum atomic E-state index is 13.9. The maximum absolute atomic E-state index is 13.9. The highest BCUT2D eigenvalue weighted by molar-refractivity contribution is 14.1. The molecule has 1 aliphatic rings. The second kappa shape index (κ2) is 6.76. The third kappa shape index (κ3) is 3.33. The van der Waals surface area contributed by atoms with Gasteiger partial charge in [-0.3, -0.25) is 0 Å². The van der Waals surface area contributed by atoms with Crippen LogP contribution in [0.2, 0.25) is 0 Å². The first-order valence-corrected chi connectivity index (χ1v) is 8.40. The Morgan fingerprint density at radius 3 is 3.00 bits per heavy atom. The molecule has 0 bridgehead atoms. The van der Waals surface area contributed by atoms with E-state index in [0.717, 1.165) is 16.9 Å². The van der Waals surface area contributed by atoms with Gasteiger partial charge in [0.05, 0.1) is 47.1 Å². The minimum atomic E-state index is -0.234. The van der Waals surface area contributed by atoms with Gasteiger partial charge < -0.3 is 14.0 Å². The molecule has 1 saturated heterocycles. The van der Waals surface area contributed by atoms with Crippen molar-refractivity contribution in [3.8, 4) is 0 Å². The lowest BCUT2D eigenvalue weighted by molar-refractivity contribution is -0.0934. The number of benzene rings is 1. The van der Waals surface area contributed by atoms with Crippen molar-refractivity contribution in [2.45, 2.75) is 19.1 Å². The van der Waals surface area contributed by atoms with Gasteiger partial charge >= 0.3 is 0 Å². The topological polar surface area (TPSA) is 36.3 Å². The Morgan fingerprint density at radius 2 is 2.29 bits per heavy atom. The lowest BCUT2D eigenvalue weighted by Crippen LogP contribution is -2.32. The lowest BCUT2D eigenvalue weighted by Gasteiger charge is -2.24. The van der Waals surface area contributed by atoms with Crippen molar-refractivity contribution in [2.75, 3.05) is 25.7 Å². The van der Waals surface area contributed by atoms with Crippen molar-refractivity contribution in [2.24, 2.45) is 0 Å². The molecule has 0 amide bonds. The highest BCUT2D eigenvalue weighted by Gasteiger charge is 2.19. The Bertz CT molecular complexity index is 643. The molecule has 7 heteroatoms. The van der Waals surface area contributed by atoms with Crippen molar-refractivity contribution in [3.05, 3.63) is 27.3 Å². The molecule has 4 nitrogen and oxygen atoms in total. The van der Waals surface area contributed by atoms with Gasteiger partial charge in [-0.2, -0.15) is 0 Å². The van der Waals surface area contributed by atoms with Gasteiger partial charge in [0, 0.05) is 18.4 Å². The summed E-state index contributed by atoms with van der Waals surface area (Å²) in [6, 6.07) is 3.29. The first-order chi connectivity index (χ1) is 10.2. The third-order valence-corrected chi connectivity index (χ3v) is 4.47. The molecule has 2 aromatic rings. The minimum Gasteiger partial charge on any atom is -0.376 e. The Labute approximate surface area is 140 Å². The van der Waals surface area contributed by atoms with Crippen LogP contribution < -0.4 is 0 Å². The van der Waals surface area contributed by atoms with Crippen molar-refractivity contribution < 1.29 is 13.9 Å². The zero-order chi connectivity index (χ0) is 14.8. The van der Waals surface area contributed by atoms with E-state index in [-0.39, 0.29) is 11.9 Å². The van der Waals surface area contributed by atoms with Gasteiger partial charge in [-0.15, -0.1) is 11.6 Å². The molecule has 3 rings (SSSR count). The predicted octanol–water partition coefficient (Wildman–Crippen LogP) is 2.98. The number of halogens is 3. The molecule has 2 heterocycles. The first kappa shape index (κ1) is 15.5. The summed E-state index contributed by atoms with van der Waals surface area (Å²) in [4.78, 5) is 4.58. The molecule has 0 saturated carbocycles. The van der Waals surface area contributed by atoms with Crippen LogP contribution in [0.4, 0.5) is 4.39 Å². The van der Waals surface area contributed by atoms with E-state index in [1.54, 1.807) is 6.07 Å². The van der Waals surface area contributed by atoms with Crippen LogP contribution in [0.25, 0.3) is 11.0 Å². The number of rotatable bonds is 4. The maximum Gasteiger partial charge on any atom is 0.138 e. The van der Waals surface area contributed by atoms with Crippen LogP contribution in [0, 0.1) is 9.39 Å². The van der Waals surface area contributed by atoms with Crippen LogP contribution >= 0.6 is 34.2 Å². The molecule has 0 spiro atoms. The van der Waals surface area contributed by atoms with Gasteiger partial charge in [0.2, 0.25) is 0 Å². The number of fused-ring (bicyclic) bond motifs is 1. The largest absolute Gasteiger partial charge is 0.376 e. The second-order valence-electron chi connectivity index (χ2n) is 4.90. The third-order valence-electron chi connectivity index (χ3n) is 3.46. The normalized spacial score (nSPS) is 19.3. The number of hydrogen-bond donors (Lipinski definition) is 0. The molecule has 1 unspecified atom stereocenters. The van der Waals surface area contributed by atoms with E-state index in [4.69, 9.17) is 21.1 Å². The van der Waals surface area contributed by atoms with Crippen LogP contribution in [0.1, 0.15) is 5.82 Å². The molecule has 1 aliphatic heterocycles. The SMILES string of the molecule is Fc1cc2c(cc1I)nc(CCCl)n2CC1COCCO1. The number of nitrogens with zero attached hydrogens (tertiary/aromatic N) is 2. The molecule has 21 heavy (non-hydrogen) atoms. The first-order valence-electron chi connectivity index (χ1n) is 6.78. The van der Waals surface area contributed by atoms with Gasteiger partial charge in [0.1, 0.15) is 11.6 Å². The van der Waals surface area contributed by atoms with Crippen LogP contribution in [-0.4, -0.2) is 41.4 Å². The van der Waals surface area contributed by atoms with Crippen LogP contribution in [-0.2, 0) is 22.4 Å². The molecule has 0 radical (unpaired) electrons. The Hall–Kier alpha value is -0.440. The number of ether oxygens (including phenoxy) is 2. The van der Waals surface area contributed by atoms with Crippen molar-refractivity contribution in [3.63, 3.8) is 0 Å². The monoisotopic (exact) mass is 424 g/mol. The highest BCUT2D eigenvalue weighted by Crippen LogP contribution is 2.23. The van der Waals surface area contributed by atoms with E-state index >= 15 is 0 Å². The second-order valence-corrected chi connectivity index (χ2v) is 6.44. The van der Waals surface area contributed by atoms with Gasteiger partial charge in [-0.05, 0) is 28.7 Å². The van der Waals surface area contributed by atoms with Crippen LogP contribution in [0.3, 0.4) is 0 Å². The van der Waals surface area contributed by atoms with Crippen LogP contribution in [0.15, 0.2) is 12.1 Å². The van der Waals surface area contributed by atoms with Gasteiger partial charge in [0.25, 0.3) is 0 Å². The number of hydrogen-bond acceptors (Lipinski definition) is 3. The number of aromatic nitrogens is 2. The number of alkyl halides is 1. The van der Waals surface area contributed by atoms with Crippen LogP contribution in [0.5, 0.6) is 0 Å². The summed E-state index contributed by atoms with van der Waals surface area (Å²) in [5.74, 6) is 1.10. The highest BCUT2D eigenvalue weighted by atomic mass is 127. The summed E-state index contributed by atoms with van der Waals surface area (Å²) in [5, 5.41) is 0. The van der Waals surface area contributed by atoms with Gasteiger partial charge in [-0.1, -0.05) is 0 Å². The molecular formula is C14H15ClFIN2O2. The average Bonchev–Trinajstić information content (AvgIpc) is 2.79. The summed E-state index contributed by atoms with van der Waals surface area (Å²) in [5.41, 5.74) is 1.57. The smallest absolute Gasteiger partial charge is 0.138 e. The van der Waals surface area contributed by atoms with Crippen molar-refractivity contribution in [1.29, 1.82) is 0 Å². The predicted molar refractivity (Wildman–Crippen MR) is 87.4 cm³/mol. The van der Waals surface area contributed by atoms with E-state index < -0.39 is 0 Å². The zero-order valence-corrected chi connectivity index (χ0v) is 14.2. The Morgan fingerprint density at radius 1 is 1.43 bits per heavy atom. The summed E-state index contributed by atoms with van der Waals surface area (Å²) in [7, 11) is 0. The molecule has 114 valence electrons. The van der Waals surface area contributed by atoms with E-state index in [1.165, 1.54) is 6.07 Å². The summed E-state index contributed by atoms with van der Waals surface area (Å²) < 4.78 is 27.5. The Balaban J connectivity index is 2.00. The molecule has 1 fully saturated rings. The van der Waals surface area contributed by atoms with E-state index in [2.05, 4.69) is 4.98 Å². The zero-order valence-electron chi connectivity index (χ0n) is 11.3. The standard InChI is InChI=1S/C14H15ClFIN2O2/c15-2-1-14-18-12-6-11(17)10(16)5-13(12)19(14)7-9-8-20-3-4-21-9/h5-6,9H,1-4,7-8H2. The fraction of sp³-hybridized carbons (Fsp3) is 0.500. The summed E-state index contributed by atoms with van der Waals surface area (Å²) >= 11 is 7.83. The molecular weight excluding hydrogens is 410 g/mol. The van der Waals surface area contributed by atoms with Gasteiger partial charge in [-0.25, -0.2) is 9.37 Å². The fourth-order valence-corrected chi connectivity index (χ4v) is 3.11. The van der Waals surface area contributed by atoms with Crippen molar-refractivity contribution >= 4 is 45.2 Å². The molecule has 1 aromatic carbocycles. The van der Waals surface area contributed by atoms with Crippen molar-refractivity contribution in [1.82, 2.24) is 9.55 Å². The molecule has 1 atom stereocenters. The van der Waals surface area contributed by atoms with Gasteiger partial charge in [0.15, 0.2) is 0 Å². The fourth-order valence-electron chi connectivity index (χ4n) is 2.49. The van der Waals surface area contributed by atoms with E-state index in [0.29, 0.717) is 42.2 Å². The van der Waals surface area contributed by atoms with E-state index in [9.17, 15) is 4.39 Å². The summed E-state index contributed by atoms with van der Waals surface area (Å²) in [6.45, 7) is 2.37. The molecule has 0 N–H and O–H groups in total. The quantitative estimate of drug-likeness (QED) is 0.559. The average molecular weight is 425 g/mol.